The summed E-state index contributed by atoms with van der Waals surface area (Å²) in [6.45, 7) is 3.10. The predicted octanol–water partition coefficient (Wildman–Crippen LogP) is 4.26. The van der Waals surface area contributed by atoms with E-state index in [4.69, 9.17) is 21.9 Å². The summed E-state index contributed by atoms with van der Waals surface area (Å²) < 4.78 is 47.6. The summed E-state index contributed by atoms with van der Waals surface area (Å²) in [6.07, 6.45) is -3.06. The van der Waals surface area contributed by atoms with Crippen molar-refractivity contribution in [2.24, 2.45) is 5.11 Å². The van der Waals surface area contributed by atoms with Gasteiger partial charge in [0.25, 0.3) is 0 Å². The Hall–Kier alpha value is -2.65. The molecule has 0 saturated carbocycles. The number of azide groups is 1. The summed E-state index contributed by atoms with van der Waals surface area (Å²) in [5.74, 6) is -2.94. The Morgan fingerprint density at radius 3 is 2.70 bits per heavy atom. The van der Waals surface area contributed by atoms with E-state index >= 15 is 0 Å². The number of amides is 2. The lowest BCUT2D eigenvalue weighted by Crippen LogP contribution is -2.60. The molecule has 0 aliphatic carbocycles. The molecule has 1 aliphatic rings. The van der Waals surface area contributed by atoms with E-state index in [-0.39, 0.29) is 5.02 Å². The zero-order valence-electron chi connectivity index (χ0n) is 16.6. The van der Waals surface area contributed by atoms with Crippen LogP contribution in [0.15, 0.2) is 17.2 Å². The third-order valence-corrected chi connectivity index (χ3v) is 4.75. The molecule has 1 aliphatic heterocycles. The fraction of sp³-hybridized carbons (Fsp3) is 0.556. The molecular weight excluding hydrogens is 427 g/mol. The number of nitrogens with zero attached hydrogens (tertiary/aromatic N) is 4. The first-order valence-electron chi connectivity index (χ1n) is 8.97. The third kappa shape index (κ3) is 5.09. The first kappa shape index (κ1) is 23.6. The van der Waals surface area contributed by atoms with Crippen molar-refractivity contribution in [2.45, 2.75) is 51.0 Å². The van der Waals surface area contributed by atoms with Crippen molar-refractivity contribution in [3.8, 4) is 0 Å². The monoisotopic (exact) mass is 447 g/mol. The van der Waals surface area contributed by atoms with Gasteiger partial charge in [-0.1, -0.05) is 16.7 Å². The van der Waals surface area contributed by atoms with Gasteiger partial charge in [0.05, 0.1) is 18.1 Å². The van der Waals surface area contributed by atoms with Gasteiger partial charge in [0.1, 0.15) is 28.9 Å². The van der Waals surface area contributed by atoms with Gasteiger partial charge in [-0.25, -0.2) is 18.0 Å². The number of alkyl halides is 1. The number of benzene rings is 1. The molecule has 30 heavy (non-hydrogen) atoms. The Labute approximate surface area is 175 Å². The van der Waals surface area contributed by atoms with Crippen LogP contribution in [0.5, 0.6) is 0 Å². The molecule has 0 spiro atoms. The molecule has 1 N–H and O–H groups in total. The van der Waals surface area contributed by atoms with Crippen LogP contribution in [0.25, 0.3) is 10.4 Å². The highest BCUT2D eigenvalue weighted by atomic mass is 35.5. The van der Waals surface area contributed by atoms with Crippen molar-refractivity contribution in [2.75, 3.05) is 13.1 Å². The summed E-state index contributed by atoms with van der Waals surface area (Å²) in [5.41, 5.74) is 5.34. The van der Waals surface area contributed by atoms with Crippen molar-refractivity contribution >= 4 is 23.6 Å². The third-order valence-electron chi connectivity index (χ3n) is 4.45. The van der Waals surface area contributed by atoms with Crippen molar-refractivity contribution in [3.63, 3.8) is 0 Å². The van der Waals surface area contributed by atoms with Crippen LogP contribution in [0, 0.1) is 11.6 Å². The number of ether oxygens (including phenoxy) is 1. The van der Waals surface area contributed by atoms with Crippen LogP contribution >= 0.6 is 11.6 Å². The zero-order chi connectivity index (χ0) is 22.7. The minimum atomic E-state index is -1.92. The molecule has 12 heteroatoms. The average molecular weight is 448 g/mol. The number of nitrogens with one attached hydrogen (secondary N) is 1. The maximum absolute atomic E-state index is 14.3. The number of halogens is 4. The van der Waals surface area contributed by atoms with E-state index in [0.717, 1.165) is 17.0 Å². The van der Waals surface area contributed by atoms with E-state index < -0.39 is 72.6 Å². The van der Waals surface area contributed by atoms with Crippen LogP contribution in [-0.2, 0) is 16.1 Å². The molecule has 1 aromatic carbocycles. The molecule has 1 aromatic rings. The minimum absolute atomic E-state index is 0.343. The van der Waals surface area contributed by atoms with Gasteiger partial charge in [0, 0.05) is 23.4 Å². The van der Waals surface area contributed by atoms with Crippen molar-refractivity contribution in [3.05, 3.63) is 44.8 Å². The molecule has 1 heterocycles. The molecular formula is C18H21ClF3N5O3. The Morgan fingerprint density at radius 2 is 2.10 bits per heavy atom. The van der Waals surface area contributed by atoms with Crippen molar-refractivity contribution in [1.82, 2.24) is 10.2 Å². The molecule has 2 amide bonds. The largest absolute Gasteiger partial charge is 0.444 e. The van der Waals surface area contributed by atoms with E-state index in [0.29, 0.717) is 0 Å². The van der Waals surface area contributed by atoms with Gasteiger partial charge in [0.15, 0.2) is 0 Å². The van der Waals surface area contributed by atoms with Crippen LogP contribution in [0.3, 0.4) is 0 Å². The summed E-state index contributed by atoms with van der Waals surface area (Å²) in [5, 5.41) is 5.30. The molecule has 2 rings (SSSR count). The van der Waals surface area contributed by atoms with Gasteiger partial charge in [-0.2, -0.15) is 0 Å². The second-order valence-electron chi connectivity index (χ2n) is 7.82. The molecule has 2 atom stereocenters. The summed E-state index contributed by atoms with van der Waals surface area (Å²) in [6, 6.07) is 1.96. The Morgan fingerprint density at radius 1 is 1.43 bits per heavy atom. The highest BCUT2D eigenvalue weighted by Gasteiger charge is 2.54. The summed E-state index contributed by atoms with van der Waals surface area (Å²) in [4.78, 5) is 29.0. The molecule has 0 bridgehead atoms. The van der Waals surface area contributed by atoms with Gasteiger partial charge in [-0.15, -0.1) is 0 Å². The second kappa shape index (κ2) is 9.01. The molecule has 1 saturated heterocycles. The lowest BCUT2D eigenvalue weighted by molar-refractivity contribution is -0.131. The van der Waals surface area contributed by atoms with Gasteiger partial charge >= 0.3 is 6.09 Å². The Balaban J connectivity index is 2.34. The standard InChI is InChI=1S/C18H21ClF3N5O3/c1-17(2,3)30-16(29)27-8-10(20)6-18(27,9-25-26-23)15(28)24-7-11-13(21)5-4-12(19)14(11)22/h4-5,10H,6-9H2,1-3H3,(H,24,28). The number of carbonyl (C=O) groups is 2. The number of carbonyl (C=O) groups excluding carboxylic acids is 2. The van der Waals surface area contributed by atoms with E-state index in [9.17, 15) is 22.8 Å². The van der Waals surface area contributed by atoms with Gasteiger partial charge in [-0.05, 0) is 38.4 Å². The molecule has 0 aromatic heterocycles. The van der Waals surface area contributed by atoms with Crippen molar-refractivity contribution < 1.29 is 27.5 Å². The van der Waals surface area contributed by atoms with Crippen LogP contribution in [0.1, 0.15) is 32.8 Å². The SMILES string of the molecule is CC(C)(C)OC(=O)N1CC(F)CC1(CN=[N+]=[N-])C(=O)NCc1c(F)ccc(Cl)c1F. The Bertz CT molecular complexity index is 889. The second-order valence-corrected chi connectivity index (χ2v) is 8.22. The number of hydrogen-bond acceptors (Lipinski definition) is 4. The average Bonchev–Trinajstić information content (AvgIpc) is 2.99. The summed E-state index contributed by atoms with van der Waals surface area (Å²) >= 11 is 5.64. The van der Waals surface area contributed by atoms with Crippen LogP contribution < -0.4 is 5.32 Å². The van der Waals surface area contributed by atoms with Gasteiger partial charge in [0.2, 0.25) is 5.91 Å². The lowest BCUT2D eigenvalue weighted by atomic mass is 9.94. The van der Waals surface area contributed by atoms with Gasteiger partial charge in [-0.3, -0.25) is 9.69 Å². The number of rotatable bonds is 5. The fourth-order valence-corrected chi connectivity index (χ4v) is 3.31. The van der Waals surface area contributed by atoms with E-state index in [1.807, 2.05) is 0 Å². The molecule has 2 unspecified atom stereocenters. The topological polar surface area (TPSA) is 107 Å². The number of likely N-dealkylation sites (tertiary alicyclic amines) is 1. The first-order valence-corrected chi connectivity index (χ1v) is 9.35. The van der Waals surface area contributed by atoms with Crippen LogP contribution in [0.4, 0.5) is 18.0 Å². The quantitative estimate of drug-likeness (QED) is 0.315. The number of hydrogen-bond donors (Lipinski definition) is 1. The lowest BCUT2D eigenvalue weighted by Gasteiger charge is -2.36. The molecule has 0 radical (unpaired) electrons. The molecule has 8 nitrogen and oxygen atoms in total. The highest BCUT2D eigenvalue weighted by molar-refractivity contribution is 6.30. The predicted molar refractivity (Wildman–Crippen MR) is 102 cm³/mol. The maximum Gasteiger partial charge on any atom is 0.411 e. The van der Waals surface area contributed by atoms with E-state index in [2.05, 4.69) is 15.3 Å². The minimum Gasteiger partial charge on any atom is -0.444 e. The molecule has 164 valence electrons. The summed E-state index contributed by atoms with van der Waals surface area (Å²) in [7, 11) is 0. The van der Waals surface area contributed by atoms with Gasteiger partial charge < -0.3 is 10.1 Å². The van der Waals surface area contributed by atoms with Crippen molar-refractivity contribution in [1.29, 1.82) is 0 Å². The van der Waals surface area contributed by atoms with E-state index in [1.54, 1.807) is 20.8 Å². The maximum atomic E-state index is 14.3. The van der Waals surface area contributed by atoms with E-state index in [1.165, 1.54) is 0 Å². The highest BCUT2D eigenvalue weighted by Crippen LogP contribution is 2.34. The first-order chi connectivity index (χ1) is 13.9. The Kier molecular flexibility index (Phi) is 7.10. The zero-order valence-corrected chi connectivity index (χ0v) is 17.3. The smallest absolute Gasteiger partial charge is 0.411 e. The fourth-order valence-electron chi connectivity index (χ4n) is 3.13. The molecule has 1 fully saturated rings. The van der Waals surface area contributed by atoms with Crippen LogP contribution in [-0.4, -0.2) is 47.3 Å². The van der Waals surface area contributed by atoms with Crippen LogP contribution in [0.2, 0.25) is 5.02 Å². The normalized spacial score (nSPS) is 21.2.